The molecule has 0 fully saturated rings. The predicted octanol–water partition coefficient (Wildman–Crippen LogP) is 2.42. The molecule has 2 aromatic carbocycles. The topological polar surface area (TPSA) is 84.5 Å². The van der Waals surface area contributed by atoms with Gasteiger partial charge in [-0.25, -0.2) is 0 Å². The smallest absolute Gasteiger partial charge is 0.237 e. The zero-order valence-electron chi connectivity index (χ0n) is 16.7. The fourth-order valence-corrected chi connectivity index (χ4v) is 4.25. The minimum Gasteiger partial charge on any atom is -0.371 e. The highest BCUT2D eigenvalue weighted by Gasteiger charge is 2.21. The number of hydrogen-bond donors (Lipinski definition) is 2. The second-order valence-electron chi connectivity index (χ2n) is 7.21. The van der Waals surface area contributed by atoms with Crippen molar-refractivity contribution in [3.8, 4) is 0 Å². The van der Waals surface area contributed by atoms with Crippen molar-refractivity contribution in [1.82, 2.24) is 5.32 Å². The molecule has 0 spiro atoms. The molecule has 0 saturated heterocycles. The van der Waals surface area contributed by atoms with Crippen LogP contribution in [0.15, 0.2) is 42.5 Å². The van der Waals surface area contributed by atoms with Gasteiger partial charge in [-0.05, 0) is 43.0 Å². The molecule has 1 aliphatic heterocycles. The Morgan fingerprint density at radius 1 is 1.10 bits per heavy atom. The SMILES string of the molecule is Cc1ccc(NC(=O)C[S@@](=O)CC(=O)NC[C@@H]2OCCc3ccccc32)c(C)c1. The van der Waals surface area contributed by atoms with Gasteiger partial charge in [-0.2, -0.15) is 0 Å². The number of anilines is 1. The molecule has 0 aromatic heterocycles. The maximum Gasteiger partial charge on any atom is 0.237 e. The quantitative estimate of drug-likeness (QED) is 0.729. The molecule has 2 aromatic rings. The van der Waals surface area contributed by atoms with Crippen LogP contribution in [0.25, 0.3) is 0 Å². The lowest BCUT2D eigenvalue weighted by molar-refractivity contribution is -0.119. The first-order chi connectivity index (χ1) is 13.9. The summed E-state index contributed by atoms with van der Waals surface area (Å²) in [6, 6.07) is 13.7. The van der Waals surface area contributed by atoms with E-state index in [0.29, 0.717) is 18.8 Å². The summed E-state index contributed by atoms with van der Waals surface area (Å²) in [5.74, 6) is -1.15. The average Bonchev–Trinajstić information content (AvgIpc) is 2.68. The molecular formula is C22H26N2O4S. The van der Waals surface area contributed by atoms with Crippen LogP contribution in [0.2, 0.25) is 0 Å². The van der Waals surface area contributed by atoms with Crippen LogP contribution in [0.5, 0.6) is 0 Å². The van der Waals surface area contributed by atoms with Gasteiger partial charge in [0.05, 0.1) is 6.61 Å². The van der Waals surface area contributed by atoms with Crippen LogP contribution in [0, 0.1) is 13.8 Å². The Hall–Kier alpha value is -2.51. The fourth-order valence-electron chi connectivity index (χ4n) is 3.39. The third kappa shape index (κ3) is 5.98. The number of aryl methyl sites for hydroxylation is 2. The largest absolute Gasteiger partial charge is 0.371 e. The summed E-state index contributed by atoms with van der Waals surface area (Å²) in [7, 11) is -1.58. The minimum absolute atomic E-state index is 0.204. The molecule has 2 amide bonds. The summed E-state index contributed by atoms with van der Waals surface area (Å²) in [6.07, 6.45) is 0.658. The molecule has 0 radical (unpaired) electrons. The van der Waals surface area contributed by atoms with Gasteiger partial charge in [-0.3, -0.25) is 13.8 Å². The van der Waals surface area contributed by atoms with E-state index in [1.165, 1.54) is 5.56 Å². The predicted molar refractivity (Wildman–Crippen MR) is 114 cm³/mol. The lowest BCUT2D eigenvalue weighted by Gasteiger charge is -2.26. The molecule has 2 atom stereocenters. The van der Waals surface area contributed by atoms with E-state index >= 15 is 0 Å². The van der Waals surface area contributed by atoms with Crippen molar-refractivity contribution >= 4 is 28.3 Å². The molecular weight excluding hydrogens is 388 g/mol. The summed E-state index contributed by atoms with van der Waals surface area (Å²) in [5, 5.41) is 5.53. The van der Waals surface area contributed by atoms with Crippen molar-refractivity contribution in [3.63, 3.8) is 0 Å². The fraction of sp³-hybridized carbons (Fsp3) is 0.364. The van der Waals surface area contributed by atoms with Crippen LogP contribution in [0.3, 0.4) is 0 Å². The number of nitrogens with one attached hydrogen (secondary N) is 2. The molecule has 0 saturated carbocycles. The van der Waals surface area contributed by atoms with E-state index in [2.05, 4.69) is 16.7 Å². The number of carbonyl (C=O) groups is 2. The number of fused-ring (bicyclic) bond motifs is 1. The van der Waals surface area contributed by atoms with Gasteiger partial charge in [-0.15, -0.1) is 0 Å². The monoisotopic (exact) mass is 414 g/mol. The number of ether oxygens (including phenoxy) is 1. The van der Waals surface area contributed by atoms with E-state index in [9.17, 15) is 13.8 Å². The third-order valence-corrected chi connectivity index (χ3v) is 5.99. The Morgan fingerprint density at radius 3 is 2.66 bits per heavy atom. The van der Waals surface area contributed by atoms with Crippen LogP contribution in [0.4, 0.5) is 5.69 Å². The zero-order chi connectivity index (χ0) is 20.8. The highest BCUT2D eigenvalue weighted by molar-refractivity contribution is 7.86. The standard InChI is InChI=1S/C22H26N2O4S/c1-15-7-8-19(16(2)11-15)24-22(26)14-29(27)13-21(25)23-12-20-18-6-4-3-5-17(18)9-10-28-20/h3-8,11,20H,9-10,12-14H2,1-2H3,(H,23,25)(H,24,26)/t20-,29-/m0/s1. The summed E-state index contributed by atoms with van der Waals surface area (Å²) in [6.45, 7) is 4.81. The maximum absolute atomic E-state index is 12.2. The van der Waals surface area contributed by atoms with Gasteiger partial charge in [-0.1, -0.05) is 42.0 Å². The number of benzene rings is 2. The van der Waals surface area contributed by atoms with Gasteiger partial charge >= 0.3 is 0 Å². The van der Waals surface area contributed by atoms with E-state index in [1.54, 1.807) is 0 Å². The van der Waals surface area contributed by atoms with Crippen LogP contribution < -0.4 is 10.6 Å². The van der Waals surface area contributed by atoms with Crippen LogP contribution in [-0.4, -0.2) is 40.7 Å². The Balaban J connectivity index is 1.45. The van der Waals surface area contributed by atoms with Crippen molar-refractivity contribution in [2.75, 3.05) is 30.0 Å². The van der Waals surface area contributed by atoms with Gasteiger partial charge in [0, 0.05) is 23.0 Å². The van der Waals surface area contributed by atoms with E-state index in [1.807, 2.05) is 50.2 Å². The number of carbonyl (C=O) groups excluding carboxylic acids is 2. The second kappa shape index (κ2) is 9.80. The molecule has 0 bridgehead atoms. The highest BCUT2D eigenvalue weighted by Crippen LogP contribution is 2.26. The van der Waals surface area contributed by atoms with Crippen molar-refractivity contribution in [2.45, 2.75) is 26.4 Å². The Kier molecular flexibility index (Phi) is 7.17. The first-order valence-corrected chi connectivity index (χ1v) is 11.1. The zero-order valence-corrected chi connectivity index (χ0v) is 17.5. The average molecular weight is 415 g/mol. The lowest BCUT2D eigenvalue weighted by atomic mass is 9.97. The second-order valence-corrected chi connectivity index (χ2v) is 8.66. The molecule has 0 aliphatic carbocycles. The normalized spacial score (nSPS) is 16.6. The summed E-state index contributed by atoms with van der Waals surface area (Å²) >= 11 is 0. The molecule has 0 unspecified atom stereocenters. The van der Waals surface area contributed by atoms with Gasteiger partial charge in [0.15, 0.2) is 0 Å². The summed E-state index contributed by atoms with van der Waals surface area (Å²) in [4.78, 5) is 24.3. The molecule has 2 N–H and O–H groups in total. The Labute approximate surface area is 173 Å². The maximum atomic E-state index is 12.2. The molecule has 6 nitrogen and oxygen atoms in total. The Morgan fingerprint density at radius 2 is 1.86 bits per heavy atom. The first-order valence-electron chi connectivity index (χ1n) is 9.60. The van der Waals surface area contributed by atoms with Crippen molar-refractivity contribution in [1.29, 1.82) is 0 Å². The molecule has 29 heavy (non-hydrogen) atoms. The van der Waals surface area contributed by atoms with Gasteiger partial charge in [0.25, 0.3) is 0 Å². The van der Waals surface area contributed by atoms with Gasteiger partial charge in [0.2, 0.25) is 11.8 Å². The van der Waals surface area contributed by atoms with Gasteiger partial charge in [0.1, 0.15) is 17.6 Å². The summed E-state index contributed by atoms with van der Waals surface area (Å²) in [5.41, 5.74) is 5.03. The van der Waals surface area contributed by atoms with Crippen LogP contribution >= 0.6 is 0 Å². The van der Waals surface area contributed by atoms with Crippen molar-refractivity contribution in [3.05, 3.63) is 64.7 Å². The molecule has 3 rings (SSSR count). The minimum atomic E-state index is -1.58. The van der Waals surface area contributed by atoms with Crippen LogP contribution in [-0.2, 0) is 31.5 Å². The van der Waals surface area contributed by atoms with E-state index in [0.717, 1.165) is 23.1 Å². The molecule has 154 valence electrons. The van der Waals surface area contributed by atoms with E-state index in [-0.39, 0.29) is 29.4 Å². The van der Waals surface area contributed by atoms with E-state index in [4.69, 9.17) is 4.74 Å². The first kappa shape index (κ1) is 21.2. The summed E-state index contributed by atoms with van der Waals surface area (Å²) < 4.78 is 18.0. The van der Waals surface area contributed by atoms with Gasteiger partial charge < -0.3 is 15.4 Å². The lowest BCUT2D eigenvalue weighted by Crippen LogP contribution is -2.35. The number of hydrogen-bond acceptors (Lipinski definition) is 4. The highest BCUT2D eigenvalue weighted by atomic mass is 32.2. The van der Waals surface area contributed by atoms with E-state index < -0.39 is 10.8 Å². The van der Waals surface area contributed by atoms with Crippen molar-refractivity contribution < 1.29 is 18.5 Å². The Bertz CT molecular complexity index is 929. The van der Waals surface area contributed by atoms with Crippen LogP contribution in [0.1, 0.15) is 28.4 Å². The molecule has 7 heteroatoms. The molecule has 1 heterocycles. The number of rotatable bonds is 7. The van der Waals surface area contributed by atoms with Crippen molar-refractivity contribution in [2.24, 2.45) is 0 Å². The molecule has 1 aliphatic rings. The third-order valence-electron chi connectivity index (χ3n) is 4.82. The number of amides is 2.